The van der Waals surface area contributed by atoms with Crippen LogP contribution in [0, 0.1) is 0 Å². The highest BCUT2D eigenvalue weighted by Gasteiger charge is 2.20. The molecule has 2 heterocycles. The van der Waals surface area contributed by atoms with Crippen LogP contribution in [0.25, 0.3) is 0 Å². The summed E-state index contributed by atoms with van der Waals surface area (Å²) in [5, 5.41) is 5.11. The van der Waals surface area contributed by atoms with Crippen LogP contribution in [0.15, 0.2) is 12.3 Å². The number of pyridine rings is 1. The fraction of sp³-hybridized carbons (Fsp3) is 0.364. The molecule has 0 bridgehead atoms. The number of nitrogens with zero attached hydrogens (tertiary/aromatic N) is 1. The summed E-state index contributed by atoms with van der Waals surface area (Å²) in [5.74, 6) is 0.120. The summed E-state index contributed by atoms with van der Waals surface area (Å²) in [6.45, 7) is 4.04. The number of hydrogen-bond donors (Lipinski definition) is 2. The topological polar surface area (TPSA) is 71.1 Å². The minimum atomic E-state index is -0.261. The van der Waals surface area contributed by atoms with Crippen molar-refractivity contribution in [3.05, 3.63) is 23.4 Å². The van der Waals surface area contributed by atoms with Crippen LogP contribution in [-0.2, 0) is 4.79 Å². The van der Waals surface area contributed by atoms with E-state index in [4.69, 9.17) is 0 Å². The lowest BCUT2D eigenvalue weighted by atomic mass is 10.0. The van der Waals surface area contributed by atoms with Crippen LogP contribution in [0.4, 0.5) is 5.82 Å². The maximum Gasteiger partial charge on any atom is 0.255 e. The largest absolute Gasteiger partial charge is 0.343 e. The maximum atomic E-state index is 11.7. The predicted molar refractivity (Wildman–Crippen MR) is 59.3 cm³/mol. The number of rotatable bonds is 1. The quantitative estimate of drug-likeness (QED) is 0.736. The Kier molecular flexibility index (Phi) is 2.60. The number of carbonyl (C=O) groups excluding carboxylic acids is 2. The third-order valence-electron chi connectivity index (χ3n) is 2.49. The fourth-order valence-corrected chi connectivity index (χ4v) is 1.50. The molecule has 2 amide bonds. The normalized spacial score (nSPS) is 15.2. The summed E-state index contributed by atoms with van der Waals surface area (Å²) in [4.78, 5) is 27.0. The Hall–Kier alpha value is -1.91. The van der Waals surface area contributed by atoms with E-state index >= 15 is 0 Å². The van der Waals surface area contributed by atoms with Crippen molar-refractivity contribution in [2.45, 2.75) is 19.8 Å². The molecular formula is C11H13N3O2. The third kappa shape index (κ3) is 1.88. The van der Waals surface area contributed by atoms with Gasteiger partial charge in [-0.3, -0.25) is 9.59 Å². The summed E-state index contributed by atoms with van der Waals surface area (Å²) >= 11 is 0. The van der Waals surface area contributed by atoms with E-state index in [0.29, 0.717) is 17.3 Å². The summed E-state index contributed by atoms with van der Waals surface area (Å²) in [7, 11) is 0. The summed E-state index contributed by atoms with van der Waals surface area (Å²) in [5.41, 5.74) is 1.40. The van der Waals surface area contributed by atoms with Gasteiger partial charge in [-0.25, -0.2) is 4.98 Å². The monoisotopic (exact) mass is 219 g/mol. The molecule has 0 atom stereocenters. The molecule has 1 aliphatic rings. The van der Waals surface area contributed by atoms with Gasteiger partial charge in [0, 0.05) is 6.20 Å². The lowest BCUT2D eigenvalue weighted by Gasteiger charge is -2.09. The molecule has 0 spiro atoms. The molecule has 0 fully saturated rings. The minimum Gasteiger partial charge on any atom is -0.343 e. The van der Waals surface area contributed by atoms with E-state index in [9.17, 15) is 9.59 Å². The van der Waals surface area contributed by atoms with Crippen LogP contribution >= 0.6 is 0 Å². The highest BCUT2D eigenvalue weighted by Crippen LogP contribution is 2.20. The molecule has 0 unspecified atom stereocenters. The van der Waals surface area contributed by atoms with Gasteiger partial charge < -0.3 is 10.6 Å². The molecule has 2 rings (SSSR count). The molecule has 1 aromatic rings. The number of nitrogens with one attached hydrogen (secondary N) is 2. The SMILES string of the molecule is CC(C)c1cnc2c(c1)C(=O)NCC(=O)N2. The van der Waals surface area contributed by atoms with Crippen LogP contribution in [0.1, 0.15) is 35.7 Å². The third-order valence-corrected chi connectivity index (χ3v) is 2.49. The van der Waals surface area contributed by atoms with Crippen LogP contribution in [-0.4, -0.2) is 23.3 Å². The van der Waals surface area contributed by atoms with Crippen molar-refractivity contribution in [1.29, 1.82) is 0 Å². The molecule has 0 radical (unpaired) electrons. The van der Waals surface area contributed by atoms with Gasteiger partial charge in [0.15, 0.2) is 0 Å². The van der Waals surface area contributed by atoms with Gasteiger partial charge in [0.25, 0.3) is 5.91 Å². The maximum absolute atomic E-state index is 11.7. The van der Waals surface area contributed by atoms with E-state index in [-0.39, 0.29) is 18.4 Å². The van der Waals surface area contributed by atoms with Crippen molar-refractivity contribution in [2.75, 3.05) is 11.9 Å². The first-order valence-electron chi connectivity index (χ1n) is 5.16. The Balaban J connectivity index is 2.47. The molecule has 5 heteroatoms. The van der Waals surface area contributed by atoms with Crippen LogP contribution in [0.2, 0.25) is 0 Å². The van der Waals surface area contributed by atoms with Crippen LogP contribution in [0.3, 0.4) is 0 Å². The number of anilines is 1. The number of hydrogen-bond acceptors (Lipinski definition) is 3. The average molecular weight is 219 g/mol. The van der Waals surface area contributed by atoms with Crippen molar-refractivity contribution in [3.8, 4) is 0 Å². The highest BCUT2D eigenvalue weighted by molar-refractivity contribution is 6.07. The lowest BCUT2D eigenvalue weighted by molar-refractivity contribution is -0.115. The fourth-order valence-electron chi connectivity index (χ4n) is 1.50. The van der Waals surface area contributed by atoms with Crippen molar-refractivity contribution in [3.63, 3.8) is 0 Å². The molecular weight excluding hydrogens is 206 g/mol. The lowest BCUT2D eigenvalue weighted by Crippen LogP contribution is -2.28. The smallest absolute Gasteiger partial charge is 0.255 e. The highest BCUT2D eigenvalue weighted by atomic mass is 16.2. The van der Waals surface area contributed by atoms with Crippen molar-refractivity contribution >= 4 is 17.6 Å². The Morgan fingerprint density at radius 2 is 2.12 bits per heavy atom. The second kappa shape index (κ2) is 3.92. The first-order chi connectivity index (χ1) is 7.58. The summed E-state index contributed by atoms with van der Waals surface area (Å²) < 4.78 is 0. The van der Waals surface area contributed by atoms with Gasteiger partial charge in [-0.15, -0.1) is 0 Å². The van der Waals surface area contributed by atoms with Gasteiger partial charge in [-0.05, 0) is 17.5 Å². The molecule has 84 valence electrons. The van der Waals surface area contributed by atoms with Crippen molar-refractivity contribution in [2.24, 2.45) is 0 Å². The van der Waals surface area contributed by atoms with Crippen molar-refractivity contribution in [1.82, 2.24) is 10.3 Å². The predicted octanol–water partition coefficient (Wildman–Crippen LogP) is 0.887. The Morgan fingerprint density at radius 3 is 2.81 bits per heavy atom. The number of amides is 2. The second-order valence-corrected chi connectivity index (χ2v) is 4.05. The van der Waals surface area contributed by atoms with Gasteiger partial charge in [-0.2, -0.15) is 0 Å². The molecule has 2 N–H and O–H groups in total. The zero-order chi connectivity index (χ0) is 11.7. The zero-order valence-electron chi connectivity index (χ0n) is 9.20. The van der Waals surface area contributed by atoms with E-state index in [1.165, 1.54) is 0 Å². The number of fused-ring (bicyclic) bond motifs is 1. The molecule has 1 aromatic heterocycles. The zero-order valence-corrected chi connectivity index (χ0v) is 9.20. The van der Waals surface area contributed by atoms with E-state index < -0.39 is 0 Å². The summed E-state index contributed by atoms with van der Waals surface area (Å²) in [6.07, 6.45) is 1.68. The van der Waals surface area contributed by atoms with Crippen LogP contribution < -0.4 is 10.6 Å². The molecule has 0 saturated heterocycles. The second-order valence-electron chi connectivity index (χ2n) is 4.05. The Bertz CT molecular complexity index is 455. The Morgan fingerprint density at radius 1 is 1.38 bits per heavy atom. The molecule has 0 aromatic carbocycles. The molecule has 0 saturated carbocycles. The molecule has 5 nitrogen and oxygen atoms in total. The first-order valence-corrected chi connectivity index (χ1v) is 5.16. The van der Waals surface area contributed by atoms with Gasteiger partial charge in [-0.1, -0.05) is 13.8 Å². The van der Waals surface area contributed by atoms with E-state index in [1.807, 2.05) is 13.8 Å². The minimum absolute atomic E-state index is 0.00773. The Labute approximate surface area is 93.3 Å². The number of aromatic nitrogens is 1. The van der Waals surface area contributed by atoms with Gasteiger partial charge in [0.05, 0.1) is 12.1 Å². The van der Waals surface area contributed by atoms with Crippen LogP contribution in [0.5, 0.6) is 0 Å². The molecule has 16 heavy (non-hydrogen) atoms. The molecule has 1 aliphatic heterocycles. The van der Waals surface area contributed by atoms with Crippen molar-refractivity contribution < 1.29 is 9.59 Å². The number of carbonyl (C=O) groups is 2. The average Bonchev–Trinajstić information content (AvgIpc) is 2.38. The van der Waals surface area contributed by atoms with Gasteiger partial charge in [0.2, 0.25) is 5.91 Å². The molecule has 0 aliphatic carbocycles. The standard InChI is InChI=1S/C11H13N3O2/c1-6(2)7-3-8-10(12-4-7)14-9(15)5-13-11(8)16/h3-4,6H,5H2,1-2H3,(H,13,16)(H,12,14,15). The van der Waals surface area contributed by atoms with Gasteiger partial charge >= 0.3 is 0 Å². The van der Waals surface area contributed by atoms with E-state index in [1.54, 1.807) is 12.3 Å². The first kappa shape index (κ1) is 10.6. The summed E-state index contributed by atoms with van der Waals surface area (Å²) in [6, 6.07) is 1.77. The van der Waals surface area contributed by atoms with Gasteiger partial charge in [0.1, 0.15) is 5.82 Å². The van der Waals surface area contributed by atoms with E-state index in [0.717, 1.165) is 5.56 Å². The van der Waals surface area contributed by atoms with E-state index in [2.05, 4.69) is 15.6 Å².